The maximum Gasteiger partial charge on any atom is 0.170 e. The molecule has 31 heavy (non-hydrogen) atoms. The number of amidine groups is 1. The van der Waals surface area contributed by atoms with Crippen LogP contribution >= 0.6 is 0 Å². The van der Waals surface area contributed by atoms with E-state index in [-0.39, 0.29) is 5.82 Å². The van der Waals surface area contributed by atoms with Gasteiger partial charge in [0, 0.05) is 55.2 Å². The zero-order valence-electron chi connectivity index (χ0n) is 18.4. The van der Waals surface area contributed by atoms with Crippen LogP contribution in [0.4, 0.5) is 4.39 Å². The number of rotatable bonds is 6. The van der Waals surface area contributed by atoms with Gasteiger partial charge in [-0.3, -0.25) is 4.79 Å². The van der Waals surface area contributed by atoms with Crippen LogP contribution in [0.15, 0.2) is 39.0 Å². The number of carbonyl (C=O) groups excluding carboxylic acids is 1. The summed E-state index contributed by atoms with van der Waals surface area (Å²) in [6.45, 7) is 5.73. The molecule has 0 aliphatic carbocycles. The Balaban J connectivity index is 1.34. The second-order valence-corrected chi connectivity index (χ2v) is 8.71. The quantitative estimate of drug-likeness (QED) is 0.502. The molecule has 2 aliphatic heterocycles. The highest BCUT2D eigenvalue weighted by Gasteiger charge is 2.25. The third-order valence-corrected chi connectivity index (χ3v) is 6.62. The van der Waals surface area contributed by atoms with Gasteiger partial charge in [-0.05, 0) is 64.3 Å². The molecule has 0 spiro atoms. The molecule has 0 atom stereocenters. The zero-order chi connectivity index (χ0) is 21.8. The lowest BCUT2D eigenvalue weighted by Crippen LogP contribution is -2.34. The lowest BCUT2D eigenvalue weighted by molar-refractivity contribution is -0.105. The van der Waals surface area contributed by atoms with Crippen LogP contribution in [0.25, 0.3) is 11.0 Å². The summed E-state index contributed by atoms with van der Waals surface area (Å²) in [6, 6.07) is 4.62. The molecule has 6 nitrogen and oxygen atoms in total. The van der Waals surface area contributed by atoms with E-state index < -0.39 is 0 Å². The highest BCUT2D eigenvalue weighted by Crippen LogP contribution is 2.33. The number of hydrogen-bond acceptors (Lipinski definition) is 5. The van der Waals surface area contributed by atoms with Crippen molar-refractivity contribution in [2.75, 3.05) is 33.2 Å². The molecule has 7 heteroatoms. The number of fused-ring (bicyclic) bond motifs is 1. The number of likely N-dealkylation sites (tertiary alicyclic amines) is 2. The van der Waals surface area contributed by atoms with E-state index in [0.717, 1.165) is 86.3 Å². The lowest BCUT2D eigenvalue weighted by atomic mass is 9.91. The number of piperidine rings is 2. The van der Waals surface area contributed by atoms with Crippen molar-refractivity contribution in [3.8, 4) is 0 Å². The van der Waals surface area contributed by atoms with Crippen LogP contribution in [-0.2, 0) is 4.79 Å². The fraction of sp³-hybridized carbons (Fsp3) is 0.542. The molecule has 3 heterocycles. The third kappa shape index (κ3) is 5.03. The van der Waals surface area contributed by atoms with Gasteiger partial charge < -0.3 is 14.3 Å². The maximum atomic E-state index is 13.4. The van der Waals surface area contributed by atoms with Gasteiger partial charge in [0.25, 0.3) is 0 Å². The molecule has 0 amide bonds. The number of benzene rings is 1. The molecule has 0 bridgehead atoms. The summed E-state index contributed by atoms with van der Waals surface area (Å²) < 4.78 is 18.7. The Labute approximate surface area is 182 Å². The van der Waals surface area contributed by atoms with Crippen LogP contribution in [0, 0.1) is 5.82 Å². The Kier molecular flexibility index (Phi) is 6.80. The molecule has 2 fully saturated rings. The Morgan fingerprint density at radius 3 is 2.84 bits per heavy atom. The van der Waals surface area contributed by atoms with E-state index >= 15 is 0 Å². The molecule has 166 valence electrons. The Bertz CT molecular complexity index is 989. The van der Waals surface area contributed by atoms with Crippen LogP contribution in [0.1, 0.15) is 57.1 Å². The highest BCUT2D eigenvalue weighted by atomic mass is 19.1. The van der Waals surface area contributed by atoms with E-state index in [1.165, 1.54) is 18.6 Å². The summed E-state index contributed by atoms with van der Waals surface area (Å²) >= 11 is 0. The molecule has 1 aromatic carbocycles. The lowest BCUT2D eigenvalue weighted by Gasteiger charge is -2.31. The van der Waals surface area contributed by atoms with E-state index in [1.54, 1.807) is 6.07 Å². The zero-order valence-corrected chi connectivity index (χ0v) is 18.4. The molecule has 2 saturated heterocycles. The van der Waals surface area contributed by atoms with Gasteiger partial charge in [-0.2, -0.15) is 0 Å². The van der Waals surface area contributed by atoms with Crippen molar-refractivity contribution >= 4 is 23.1 Å². The van der Waals surface area contributed by atoms with Gasteiger partial charge >= 0.3 is 0 Å². The number of nitrogens with zero attached hydrogens (tertiary/aromatic N) is 4. The first-order chi connectivity index (χ1) is 15.0. The van der Waals surface area contributed by atoms with E-state index in [1.807, 2.05) is 6.92 Å². The number of carbonyl (C=O) groups is 1. The van der Waals surface area contributed by atoms with Gasteiger partial charge in [-0.1, -0.05) is 5.16 Å². The number of hydrogen-bond donors (Lipinski definition) is 0. The van der Waals surface area contributed by atoms with Crippen LogP contribution in [0.3, 0.4) is 0 Å². The Hall–Kier alpha value is -2.54. The van der Waals surface area contributed by atoms with Crippen molar-refractivity contribution in [2.24, 2.45) is 4.99 Å². The summed E-state index contributed by atoms with van der Waals surface area (Å²) in [7, 11) is 2.07. The van der Waals surface area contributed by atoms with Crippen molar-refractivity contribution in [1.82, 2.24) is 15.0 Å². The molecule has 4 rings (SSSR count). The second kappa shape index (κ2) is 9.73. The molecule has 0 unspecified atom stereocenters. The summed E-state index contributed by atoms with van der Waals surface area (Å²) in [4.78, 5) is 21.0. The van der Waals surface area contributed by atoms with Gasteiger partial charge in [0.1, 0.15) is 17.9 Å². The SMILES string of the molecule is CC(/N=C1/CCCCN1C)=C(/C=O)CCN1CCC(c2noc3cc(F)ccc23)CC1. The fourth-order valence-corrected chi connectivity index (χ4v) is 4.62. The first-order valence-electron chi connectivity index (χ1n) is 11.3. The fourth-order valence-electron chi connectivity index (χ4n) is 4.62. The minimum absolute atomic E-state index is 0.306. The standard InChI is InChI=1S/C24H31FN4O2/c1-17(26-23-5-3-4-11-28(23)2)19(16-30)10-14-29-12-8-18(9-13-29)24-21-7-6-20(25)15-22(21)31-27-24/h6-7,15-16,18H,3-5,8-14H2,1-2H3/b19-17-,26-23-. The first kappa shape index (κ1) is 21.7. The van der Waals surface area contributed by atoms with Gasteiger partial charge in [-0.15, -0.1) is 0 Å². The maximum absolute atomic E-state index is 13.4. The number of allylic oxidation sites excluding steroid dienone is 1. The van der Waals surface area contributed by atoms with Gasteiger partial charge in [0.05, 0.1) is 5.69 Å². The number of aldehydes is 1. The van der Waals surface area contributed by atoms with Crippen LogP contribution in [-0.4, -0.2) is 60.3 Å². The predicted molar refractivity (Wildman–Crippen MR) is 120 cm³/mol. The van der Waals surface area contributed by atoms with Gasteiger partial charge in [0.2, 0.25) is 0 Å². The Morgan fingerprint density at radius 2 is 2.10 bits per heavy atom. The van der Waals surface area contributed by atoms with E-state index in [0.29, 0.717) is 17.9 Å². The average Bonchev–Trinajstić information content (AvgIpc) is 3.19. The molecule has 2 aliphatic rings. The van der Waals surface area contributed by atoms with Crippen molar-refractivity contribution < 1.29 is 13.7 Å². The predicted octanol–water partition coefficient (Wildman–Crippen LogP) is 4.52. The van der Waals surface area contributed by atoms with Crippen LogP contribution in [0.5, 0.6) is 0 Å². The molecular formula is C24H31FN4O2. The second-order valence-electron chi connectivity index (χ2n) is 8.71. The number of halogens is 1. The summed E-state index contributed by atoms with van der Waals surface area (Å²) in [5.41, 5.74) is 3.08. The first-order valence-corrected chi connectivity index (χ1v) is 11.3. The monoisotopic (exact) mass is 426 g/mol. The number of aliphatic imine (C=N–C) groups is 1. The number of aromatic nitrogens is 1. The Morgan fingerprint density at radius 1 is 1.29 bits per heavy atom. The normalized spacial score (nSPS) is 21.0. The van der Waals surface area contributed by atoms with E-state index in [2.05, 4.69) is 22.0 Å². The molecule has 0 N–H and O–H groups in total. The molecular weight excluding hydrogens is 395 g/mol. The van der Waals surface area contributed by atoms with E-state index in [4.69, 9.17) is 9.52 Å². The molecule has 2 aromatic rings. The average molecular weight is 427 g/mol. The summed E-state index contributed by atoms with van der Waals surface area (Å²) in [5.74, 6) is 1.10. The van der Waals surface area contributed by atoms with Crippen molar-refractivity contribution in [3.05, 3.63) is 41.0 Å². The molecule has 0 saturated carbocycles. The molecule has 1 aromatic heterocycles. The summed E-state index contributed by atoms with van der Waals surface area (Å²) in [5, 5.41) is 5.14. The largest absolute Gasteiger partial charge is 0.363 e. The minimum Gasteiger partial charge on any atom is -0.363 e. The smallest absolute Gasteiger partial charge is 0.170 e. The van der Waals surface area contributed by atoms with Crippen molar-refractivity contribution in [2.45, 2.75) is 51.4 Å². The van der Waals surface area contributed by atoms with Gasteiger partial charge in [-0.25, -0.2) is 9.38 Å². The highest BCUT2D eigenvalue weighted by molar-refractivity contribution is 5.85. The molecule has 0 radical (unpaired) electrons. The van der Waals surface area contributed by atoms with Crippen LogP contribution < -0.4 is 0 Å². The van der Waals surface area contributed by atoms with Crippen molar-refractivity contribution in [1.29, 1.82) is 0 Å². The minimum atomic E-state index is -0.306. The topological polar surface area (TPSA) is 61.9 Å². The van der Waals surface area contributed by atoms with Crippen LogP contribution in [0.2, 0.25) is 0 Å². The van der Waals surface area contributed by atoms with Crippen molar-refractivity contribution in [3.63, 3.8) is 0 Å². The van der Waals surface area contributed by atoms with E-state index in [9.17, 15) is 9.18 Å². The summed E-state index contributed by atoms with van der Waals surface area (Å²) in [6.07, 6.45) is 6.99. The third-order valence-electron chi connectivity index (χ3n) is 6.62. The van der Waals surface area contributed by atoms with Gasteiger partial charge in [0.15, 0.2) is 5.58 Å².